The number of carbonyl (C=O) groups excluding carboxylic acids is 1. The van der Waals surface area contributed by atoms with E-state index in [0.717, 1.165) is 22.9 Å². The summed E-state index contributed by atoms with van der Waals surface area (Å²) in [5, 5.41) is 5.20. The van der Waals surface area contributed by atoms with E-state index in [0.29, 0.717) is 22.4 Å². The normalized spacial score (nSPS) is 11.1. The molecule has 186 valence electrons. The van der Waals surface area contributed by atoms with Gasteiger partial charge in [-0.15, -0.1) is 11.3 Å². The highest BCUT2D eigenvalue weighted by Gasteiger charge is 2.16. The molecule has 0 aliphatic heterocycles. The van der Waals surface area contributed by atoms with Crippen LogP contribution in [-0.4, -0.2) is 36.2 Å². The molecule has 5 rings (SSSR count). The van der Waals surface area contributed by atoms with E-state index in [1.165, 1.54) is 52.6 Å². The van der Waals surface area contributed by atoms with E-state index in [1.54, 1.807) is 29.6 Å². The third kappa shape index (κ3) is 5.87. The van der Waals surface area contributed by atoms with E-state index in [1.807, 2.05) is 0 Å². The van der Waals surface area contributed by atoms with Crippen molar-refractivity contribution in [3.63, 3.8) is 0 Å². The molecule has 3 heterocycles. The van der Waals surface area contributed by atoms with E-state index in [4.69, 9.17) is 0 Å². The Balaban J connectivity index is 1.31. The molecule has 12 heteroatoms. The highest BCUT2D eigenvalue weighted by molar-refractivity contribution is 7.99. The van der Waals surface area contributed by atoms with Gasteiger partial charge in [-0.2, -0.15) is 0 Å². The summed E-state index contributed by atoms with van der Waals surface area (Å²) in [5.74, 6) is -1.07. The van der Waals surface area contributed by atoms with Crippen LogP contribution in [0.5, 0.6) is 0 Å². The number of anilines is 1. The van der Waals surface area contributed by atoms with Gasteiger partial charge in [0, 0.05) is 29.9 Å². The molecule has 37 heavy (non-hydrogen) atoms. The van der Waals surface area contributed by atoms with Gasteiger partial charge in [0.05, 0.1) is 11.4 Å². The summed E-state index contributed by atoms with van der Waals surface area (Å²) >= 11 is 2.33. The lowest BCUT2D eigenvalue weighted by Gasteiger charge is -2.12. The number of hydrogen-bond acceptors (Lipinski definition) is 8. The highest BCUT2D eigenvalue weighted by atomic mass is 32.2. The van der Waals surface area contributed by atoms with Crippen molar-refractivity contribution in [2.75, 3.05) is 11.1 Å². The Hall–Kier alpha value is -4.03. The minimum Gasteiger partial charge on any atom is -0.301 e. The average molecular weight is 537 g/mol. The summed E-state index contributed by atoms with van der Waals surface area (Å²) in [6.45, 7) is 0.221. The number of thiazole rings is 1. The number of halogens is 2. The first-order chi connectivity index (χ1) is 18.0. The molecule has 1 N–H and O–H groups in total. The number of benzene rings is 2. The maximum absolute atomic E-state index is 13.6. The van der Waals surface area contributed by atoms with Crippen LogP contribution in [0.15, 0.2) is 76.3 Å². The van der Waals surface area contributed by atoms with Crippen LogP contribution in [0.1, 0.15) is 5.56 Å². The van der Waals surface area contributed by atoms with Gasteiger partial charge in [0.2, 0.25) is 5.91 Å². The predicted molar refractivity (Wildman–Crippen MR) is 139 cm³/mol. The minimum absolute atomic E-state index is 0.0381. The Kier molecular flexibility index (Phi) is 7.28. The topological polar surface area (TPSA) is 103 Å². The Bertz CT molecular complexity index is 1640. The van der Waals surface area contributed by atoms with Crippen molar-refractivity contribution >= 4 is 45.3 Å². The maximum Gasteiger partial charge on any atom is 0.282 e. The van der Waals surface area contributed by atoms with E-state index < -0.39 is 0 Å². The first-order valence-electron chi connectivity index (χ1n) is 11.1. The van der Waals surface area contributed by atoms with Crippen LogP contribution in [0.4, 0.5) is 13.9 Å². The van der Waals surface area contributed by atoms with Crippen molar-refractivity contribution in [1.82, 2.24) is 24.5 Å². The third-order valence-electron chi connectivity index (χ3n) is 5.30. The zero-order valence-electron chi connectivity index (χ0n) is 19.1. The van der Waals surface area contributed by atoms with Crippen molar-refractivity contribution in [3.8, 4) is 11.3 Å². The molecule has 0 saturated carbocycles. The smallest absolute Gasteiger partial charge is 0.282 e. The van der Waals surface area contributed by atoms with Crippen LogP contribution < -0.4 is 10.9 Å². The number of amides is 1. The van der Waals surface area contributed by atoms with E-state index in [2.05, 4.69) is 25.3 Å². The molecule has 8 nitrogen and oxygen atoms in total. The lowest BCUT2D eigenvalue weighted by molar-refractivity contribution is -0.113. The molecule has 0 fully saturated rings. The summed E-state index contributed by atoms with van der Waals surface area (Å²) in [6, 6.07) is 12.1. The van der Waals surface area contributed by atoms with Gasteiger partial charge in [0.25, 0.3) is 5.56 Å². The van der Waals surface area contributed by atoms with Crippen LogP contribution >= 0.6 is 23.1 Å². The molecular weight excluding hydrogens is 518 g/mol. The monoisotopic (exact) mass is 536 g/mol. The van der Waals surface area contributed by atoms with Crippen LogP contribution in [0, 0.1) is 11.6 Å². The number of fused-ring (bicyclic) bond motifs is 1. The zero-order chi connectivity index (χ0) is 25.8. The van der Waals surface area contributed by atoms with Crippen molar-refractivity contribution in [2.24, 2.45) is 0 Å². The summed E-state index contributed by atoms with van der Waals surface area (Å²) in [7, 11) is 0. The summed E-state index contributed by atoms with van der Waals surface area (Å²) in [4.78, 5) is 42.8. The number of aryl methyl sites for hydroxylation is 1. The fraction of sp³-hybridized carbons (Fsp3) is 0.120. The van der Waals surface area contributed by atoms with Crippen molar-refractivity contribution < 1.29 is 13.6 Å². The van der Waals surface area contributed by atoms with Crippen LogP contribution in [0.2, 0.25) is 0 Å². The van der Waals surface area contributed by atoms with Gasteiger partial charge in [-0.05, 0) is 48.4 Å². The lowest BCUT2D eigenvalue weighted by atomic mass is 10.1. The standard InChI is InChI=1S/C25H18F2N6O2S2/c26-17-6-4-16(5-7-17)19-13-36-24(30-19)31-20(34)14-37-25-32-22-21(28-9-10-29-22)23(35)33(25)11-8-15-2-1-3-18(27)12-15/h1-7,9-10,12-13H,8,11,14H2,(H,30,31,34). The largest absolute Gasteiger partial charge is 0.301 e. The molecule has 2 aromatic carbocycles. The van der Waals surface area contributed by atoms with E-state index in [9.17, 15) is 18.4 Å². The van der Waals surface area contributed by atoms with Gasteiger partial charge in [-0.3, -0.25) is 14.2 Å². The summed E-state index contributed by atoms with van der Waals surface area (Å²) in [5.41, 5.74) is 1.99. The number of nitrogens with one attached hydrogen (secondary N) is 1. The number of carbonyl (C=O) groups is 1. The molecule has 0 aliphatic rings. The molecule has 3 aromatic heterocycles. The predicted octanol–water partition coefficient (Wildman–Crippen LogP) is 4.56. The van der Waals surface area contributed by atoms with Gasteiger partial charge in [-0.25, -0.2) is 28.7 Å². The quantitative estimate of drug-likeness (QED) is 0.229. The Morgan fingerprint density at radius 1 is 1.03 bits per heavy atom. The number of hydrogen-bond donors (Lipinski definition) is 1. The molecule has 1 amide bonds. The van der Waals surface area contributed by atoms with Gasteiger partial charge in [0.15, 0.2) is 21.5 Å². The number of thioether (sulfide) groups is 1. The van der Waals surface area contributed by atoms with Crippen LogP contribution in [0.3, 0.4) is 0 Å². The Morgan fingerprint density at radius 2 is 1.84 bits per heavy atom. The van der Waals surface area contributed by atoms with Crippen molar-refractivity contribution in [1.29, 1.82) is 0 Å². The van der Waals surface area contributed by atoms with Crippen LogP contribution in [0.25, 0.3) is 22.4 Å². The summed E-state index contributed by atoms with van der Waals surface area (Å²) < 4.78 is 28.2. The highest BCUT2D eigenvalue weighted by Crippen LogP contribution is 2.25. The molecule has 0 saturated heterocycles. The second kappa shape index (κ2) is 10.9. The lowest BCUT2D eigenvalue weighted by Crippen LogP contribution is -2.26. The van der Waals surface area contributed by atoms with Crippen molar-refractivity contribution in [3.05, 3.63) is 93.9 Å². The minimum atomic E-state index is -0.388. The van der Waals surface area contributed by atoms with Crippen LogP contribution in [-0.2, 0) is 17.8 Å². The molecule has 0 aliphatic carbocycles. The third-order valence-corrected chi connectivity index (χ3v) is 7.03. The molecule has 0 unspecified atom stereocenters. The van der Waals surface area contributed by atoms with Gasteiger partial charge >= 0.3 is 0 Å². The second-order valence-electron chi connectivity index (χ2n) is 7.84. The van der Waals surface area contributed by atoms with Crippen molar-refractivity contribution in [2.45, 2.75) is 18.1 Å². The molecular formula is C25H18F2N6O2S2. The Labute approximate surface area is 217 Å². The first kappa shape index (κ1) is 24.7. The SMILES string of the molecule is O=C(CSc1nc2nccnc2c(=O)n1CCc1cccc(F)c1)Nc1nc(-c2ccc(F)cc2)cs1. The maximum atomic E-state index is 13.6. The zero-order valence-corrected chi connectivity index (χ0v) is 20.7. The molecule has 0 bridgehead atoms. The molecule has 0 atom stereocenters. The van der Waals surface area contributed by atoms with E-state index in [-0.39, 0.29) is 46.6 Å². The summed E-state index contributed by atoms with van der Waals surface area (Å²) in [6.07, 6.45) is 3.24. The fourth-order valence-electron chi connectivity index (χ4n) is 3.54. The number of rotatable bonds is 8. The number of nitrogens with zero attached hydrogens (tertiary/aromatic N) is 5. The van der Waals surface area contributed by atoms with Gasteiger partial charge < -0.3 is 5.32 Å². The first-order valence-corrected chi connectivity index (χ1v) is 12.9. The van der Waals surface area contributed by atoms with Gasteiger partial charge in [-0.1, -0.05) is 23.9 Å². The van der Waals surface area contributed by atoms with Gasteiger partial charge in [0.1, 0.15) is 11.6 Å². The molecule has 0 spiro atoms. The average Bonchev–Trinajstić information content (AvgIpc) is 3.36. The fourth-order valence-corrected chi connectivity index (χ4v) is 5.09. The van der Waals surface area contributed by atoms with E-state index >= 15 is 0 Å². The Morgan fingerprint density at radius 3 is 2.65 bits per heavy atom. The molecule has 0 radical (unpaired) electrons. The number of aromatic nitrogens is 5. The molecule has 5 aromatic rings. The second-order valence-corrected chi connectivity index (χ2v) is 9.64.